The number of imide groups is 1. The molecule has 0 radical (unpaired) electrons. The number of nitrogens with zero attached hydrogens (tertiary/aromatic N) is 3. The minimum Gasteiger partial charge on any atom is -0.353 e. The molecule has 2 aliphatic rings. The molecule has 2 atom stereocenters. The number of hydrogen-bond donors (Lipinski definition) is 2. The number of benzene rings is 3. The van der Waals surface area contributed by atoms with Gasteiger partial charge >= 0.3 is 0 Å². The van der Waals surface area contributed by atoms with Crippen molar-refractivity contribution in [2.24, 2.45) is 0 Å². The first-order valence-electron chi connectivity index (χ1n) is 12.8. The molecule has 0 bridgehead atoms. The summed E-state index contributed by atoms with van der Waals surface area (Å²) >= 11 is 6.81. The molecule has 6 rings (SSSR count). The number of hydrogen-bond acceptors (Lipinski definition) is 6. The number of nitrogens with one attached hydrogen (secondary N) is 2. The van der Waals surface area contributed by atoms with Gasteiger partial charge in [-0.1, -0.05) is 59.3 Å². The Labute approximate surface area is 236 Å². The maximum Gasteiger partial charge on any atom is 0.247 e. The van der Waals surface area contributed by atoms with Crippen LogP contribution in [-0.4, -0.2) is 32.1 Å². The molecule has 1 saturated heterocycles. The van der Waals surface area contributed by atoms with Crippen molar-refractivity contribution in [3.8, 4) is 0 Å². The number of carbonyl (C=O) groups excluding carboxylic acids is 2. The van der Waals surface area contributed by atoms with Crippen molar-refractivity contribution in [2.75, 3.05) is 10.2 Å². The third-order valence-corrected chi connectivity index (χ3v) is 8.46. The van der Waals surface area contributed by atoms with E-state index in [1.807, 2.05) is 37.3 Å². The lowest BCUT2D eigenvalue weighted by molar-refractivity contribution is -0.121. The average molecular weight is 554 g/mol. The lowest BCUT2D eigenvalue weighted by Gasteiger charge is -2.39. The number of aromatic nitrogens is 2. The number of rotatable bonds is 5. The average Bonchev–Trinajstić information content (AvgIpc) is 3.17. The molecule has 2 N–H and O–H groups in total. The second kappa shape index (κ2) is 9.73. The number of carbonyl (C=O) groups is 2. The minimum atomic E-state index is -0.586. The van der Waals surface area contributed by atoms with Crippen molar-refractivity contribution in [2.45, 2.75) is 49.6 Å². The Balaban J connectivity index is 1.38. The molecule has 0 unspecified atom stereocenters. The summed E-state index contributed by atoms with van der Waals surface area (Å²) in [7, 11) is 0. The molecule has 7 nitrogen and oxygen atoms in total. The highest BCUT2D eigenvalue weighted by Gasteiger charge is 2.41. The molecule has 2 aliphatic heterocycles. The van der Waals surface area contributed by atoms with Crippen LogP contribution in [0, 0.1) is 13.8 Å². The van der Waals surface area contributed by atoms with E-state index in [0.29, 0.717) is 22.4 Å². The summed E-state index contributed by atoms with van der Waals surface area (Å²) in [6, 6.07) is 21.4. The van der Waals surface area contributed by atoms with Crippen molar-refractivity contribution in [1.82, 2.24) is 15.3 Å². The van der Waals surface area contributed by atoms with E-state index in [9.17, 15) is 9.59 Å². The van der Waals surface area contributed by atoms with Gasteiger partial charge in [-0.25, -0.2) is 14.9 Å². The van der Waals surface area contributed by atoms with Crippen molar-refractivity contribution >= 4 is 63.2 Å². The molecule has 1 fully saturated rings. The third kappa shape index (κ3) is 4.77. The van der Waals surface area contributed by atoms with Gasteiger partial charge in [-0.15, -0.1) is 0 Å². The molecule has 0 saturated carbocycles. The zero-order valence-corrected chi connectivity index (χ0v) is 23.5. The Morgan fingerprint density at radius 2 is 1.77 bits per heavy atom. The largest absolute Gasteiger partial charge is 0.353 e. The van der Waals surface area contributed by atoms with Crippen LogP contribution in [0.1, 0.15) is 35.7 Å². The zero-order chi connectivity index (χ0) is 27.3. The van der Waals surface area contributed by atoms with E-state index in [2.05, 4.69) is 48.7 Å². The van der Waals surface area contributed by atoms with Crippen molar-refractivity contribution < 1.29 is 9.59 Å². The first kappa shape index (κ1) is 25.5. The summed E-state index contributed by atoms with van der Waals surface area (Å²) in [6.45, 7) is 6.25. The molecule has 3 heterocycles. The topological polar surface area (TPSA) is 87.2 Å². The number of para-hydroxylation sites is 1. The highest BCUT2D eigenvalue weighted by molar-refractivity contribution is 8.00. The van der Waals surface area contributed by atoms with Gasteiger partial charge in [0.05, 0.1) is 22.4 Å². The number of fused-ring (bicyclic) bond motifs is 2. The maximum absolute atomic E-state index is 13.3. The van der Waals surface area contributed by atoms with Gasteiger partial charge in [0.15, 0.2) is 10.3 Å². The highest BCUT2D eigenvalue weighted by Crippen LogP contribution is 2.38. The minimum absolute atomic E-state index is 0.106. The summed E-state index contributed by atoms with van der Waals surface area (Å²) < 4.78 is 0. The lowest BCUT2D eigenvalue weighted by atomic mass is 9.83. The molecule has 39 heavy (non-hydrogen) atoms. The predicted octanol–water partition coefficient (Wildman–Crippen LogP) is 5.43. The van der Waals surface area contributed by atoms with Gasteiger partial charge in [-0.3, -0.25) is 9.59 Å². The van der Waals surface area contributed by atoms with Crippen LogP contribution in [0.15, 0.2) is 71.9 Å². The molecule has 4 aromatic rings. The van der Waals surface area contributed by atoms with Crippen LogP contribution in [0.2, 0.25) is 0 Å². The molecular formula is C30H27N5O2S2. The van der Waals surface area contributed by atoms with Crippen LogP contribution in [0.5, 0.6) is 0 Å². The molecular weight excluding hydrogens is 526 g/mol. The van der Waals surface area contributed by atoms with Gasteiger partial charge in [-0.05, 0) is 63.3 Å². The van der Waals surface area contributed by atoms with E-state index in [0.717, 1.165) is 39.0 Å². The van der Waals surface area contributed by atoms with E-state index in [-0.39, 0.29) is 18.2 Å². The molecule has 0 aliphatic carbocycles. The fourth-order valence-corrected chi connectivity index (χ4v) is 6.65. The molecule has 0 spiro atoms. The zero-order valence-electron chi connectivity index (χ0n) is 21.8. The Morgan fingerprint density at radius 3 is 2.56 bits per heavy atom. The monoisotopic (exact) mass is 553 g/mol. The summed E-state index contributed by atoms with van der Waals surface area (Å²) in [6.07, 6.45) is 0.657. The van der Waals surface area contributed by atoms with Crippen LogP contribution < -0.4 is 15.5 Å². The van der Waals surface area contributed by atoms with Crippen LogP contribution in [0.25, 0.3) is 10.9 Å². The van der Waals surface area contributed by atoms with E-state index in [1.54, 1.807) is 12.1 Å². The Bertz CT molecular complexity index is 1660. The van der Waals surface area contributed by atoms with Gasteiger partial charge in [0.1, 0.15) is 5.25 Å². The first-order valence-corrected chi connectivity index (χ1v) is 14.0. The van der Waals surface area contributed by atoms with Crippen molar-refractivity contribution in [3.63, 3.8) is 0 Å². The summed E-state index contributed by atoms with van der Waals surface area (Å²) in [4.78, 5) is 37.1. The Hall–Kier alpha value is -3.82. The Kier molecular flexibility index (Phi) is 6.35. The second-order valence-electron chi connectivity index (χ2n) is 10.3. The lowest BCUT2D eigenvalue weighted by Crippen LogP contribution is -2.51. The Morgan fingerprint density at radius 1 is 1.03 bits per heavy atom. The van der Waals surface area contributed by atoms with Crippen LogP contribution in [0.4, 0.5) is 11.4 Å². The van der Waals surface area contributed by atoms with Gasteiger partial charge < -0.3 is 10.6 Å². The standard InChI is InChI=1S/C30H27N5O2S2/c1-17-9-11-22-20(13-17)24(16-30(3)21-14-18(2)10-12-23(21)31-28(38)34-30)33-29(32-22)39-25-15-26(36)35(27(25)37)19-7-5-4-6-8-19/h4-14,25H,15-16H2,1-3H3,(H2,31,34,38)/t25-,30+/m1/s1. The highest BCUT2D eigenvalue weighted by atomic mass is 32.2. The molecule has 2 amide bonds. The summed E-state index contributed by atoms with van der Waals surface area (Å²) in [5, 5.41) is 8.17. The molecule has 9 heteroatoms. The number of thiocarbonyl (C=S) groups is 1. The van der Waals surface area contributed by atoms with E-state index >= 15 is 0 Å². The van der Waals surface area contributed by atoms with Gasteiger partial charge in [0, 0.05) is 29.5 Å². The predicted molar refractivity (Wildman–Crippen MR) is 159 cm³/mol. The van der Waals surface area contributed by atoms with E-state index < -0.39 is 10.8 Å². The van der Waals surface area contributed by atoms with Crippen molar-refractivity contribution in [3.05, 3.63) is 89.1 Å². The van der Waals surface area contributed by atoms with Crippen LogP contribution in [0.3, 0.4) is 0 Å². The first-order chi connectivity index (χ1) is 18.7. The third-order valence-electron chi connectivity index (χ3n) is 7.21. The molecule has 3 aromatic carbocycles. The molecule has 1 aromatic heterocycles. The van der Waals surface area contributed by atoms with Crippen LogP contribution >= 0.6 is 24.0 Å². The summed E-state index contributed by atoms with van der Waals surface area (Å²) in [5.74, 6) is -0.459. The number of aryl methyl sites for hydroxylation is 2. The second-order valence-corrected chi connectivity index (χ2v) is 11.9. The number of thioether (sulfide) groups is 1. The fraction of sp³-hybridized carbons (Fsp3) is 0.233. The van der Waals surface area contributed by atoms with Crippen LogP contribution in [-0.2, 0) is 21.5 Å². The smallest absolute Gasteiger partial charge is 0.247 e. The molecule has 196 valence electrons. The van der Waals surface area contributed by atoms with Gasteiger partial charge in [0.2, 0.25) is 11.8 Å². The maximum atomic E-state index is 13.3. The normalized spacial score (nSPS) is 20.6. The fourth-order valence-electron chi connectivity index (χ4n) is 5.31. The number of anilines is 2. The number of amides is 2. The SMILES string of the molecule is Cc1ccc2c(c1)[C@](C)(Cc1nc(S[C@@H]3CC(=O)N(c4ccccc4)C3=O)nc3ccc(C)cc13)NC(=S)N2. The van der Waals surface area contributed by atoms with Gasteiger partial charge in [0.25, 0.3) is 0 Å². The van der Waals surface area contributed by atoms with E-state index in [4.69, 9.17) is 22.2 Å². The van der Waals surface area contributed by atoms with E-state index in [1.165, 1.54) is 16.7 Å². The summed E-state index contributed by atoms with van der Waals surface area (Å²) in [5.41, 5.74) is 6.08. The van der Waals surface area contributed by atoms with Gasteiger partial charge in [-0.2, -0.15) is 0 Å². The van der Waals surface area contributed by atoms with Crippen molar-refractivity contribution in [1.29, 1.82) is 0 Å². The quantitative estimate of drug-likeness (QED) is 0.192.